The second-order valence-corrected chi connectivity index (χ2v) is 9.24. The first kappa shape index (κ1) is 25.7. The first-order valence-corrected chi connectivity index (χ1v) is 11.5. The van der Waals surface area contributed by atoms with Crippen LogP contribution in [0.15, 0.2) is 84.9 Å². The molecular weight excluding hydrogens is 442 g/mol. The van der Waals surface area contributed by atoms with Gasteiger partial charge in [0.1, 0.15) is 11.6 Å². The molecule has 0 saturated carbocycles. The number of benzene rings is 3. The van der Waals surface area contributed by atoms with Crippen LogP contribution in [-0.2, 0) is 25.5 Å². The lowest BCUT2D eigenvalue weighted by atomic mass is 9.90. The molecule has 0 fully saturated rings. The van der Waals surface area contributed by atoms with Crippen molar-refractivity contribution in [2.75, 3.05) is 7.11 Å². The van der Waals surface area contributed by atoms with E-state index in [0.29, 0.717) is 5.56 Å². The summed E-state index contributed by atoms with van der Waals surface area (Å²) >= 11 is 0. The van der Waals surface area contributed by atoms with Gasteiger partial charge in [0, 0.05) is 6.42 Å². The van der Waals surface area contributed by atoms with E-state index in [9.17, 15) is 14.4 Å². The predicted octanol–water partition coefficient (Wildman–Crippen LogP) is 4.67. The van der Waals surface area contributed by atoms with Crippen LogP contribution >= 0.6 is 0 Å². The summed E-state index contributed by atoms with van der Waals surface area (Å²) in [6.45, 7) is 5.42. The van der Waals surface area contributed by atoms with Gasteiger partial charge in [0.15, 0.2) is 0 Å². The molecule has 3 rings (SSSR count). The third-order valence-corrected chi connectivity index (χ3v) is 5.36. The molecule has 35 heavy (non-hydrogen) atoms. The third-order valence-electron chi connectivity index (χ3n) is 5.36. The first-order valence-electron chi connectivity index (χ1n) is 11.5. The SMILES string of the molecule is COC(=O)[C@@H](Cc1ccc(C(=O)OC(C)(C)C)cc1)NC(=O)C(c1ccccc1)c1ccccc1. The zero-order chi connectivity index (χ0) is 25.4. The van der Waals surface area contributed by atoms with Crippen LogP contribution in [0.4, 0.5) is 0 Å². The number of esters is 2. The summed E-state index contributed by atoms with van der Waals surface area (Å²) in [6.07, 6.45) is 0.212. The average molecular weight is 474 g/mol. The van der Waals surface area contributed by atoms with Crippen molar-refractivity contribution in [2.24, 2.45) is 0 Å². The largest absolute Gasteiger partial charge is 0.467 e. The first-order chi connectivity index (χ1) is 16.7. The maximum Gasteiger partial charge on any atom is 0.338 e. The van der Waals surface area contributed by atoms with E-state index in [1.807, 2.05) is 60.7 Å². The topological polar surface area (TPSA) is 81.7 Å². The molecule has 6 heteroatoms. The van der Waals surface area contributed by atoms with Crippen molar-refractivity contribution in [3.63, 3.8) is 0 Å². The molecule has 182 valence electrons. The number of ether oxygens (including phenoxy) is 2. The van der Waals surface area contributed by atoms with Gasteiger partial charge >= 0.3 is 11.9 Å². The molecule has 0 aromatic heterocycles. The minimum absolute atomic E-state index is 0.212. The number of rotatable bonds is 8. The standard InChI is InChI=1S/C29H31NO5/c1-29(2,3)35-27(32)23-17-15-20(16-18-23)19-24(28(33)34-4)30-26(31)25(21-11-7-5-8-12-21)22-13-9-6-10-14-22/h5-18,24-25H,19H2,1-4H3,(H,30,31)/t24-/m1/s1. The highest BCUT2D eigenvalue weighted by Gasteiger charge is 2.28. The molecule has 3 aromatic carbocycles. The Morgan fingerprint density at radius 2 is 1.31 bits per heavy atom. The van der Waals surface area contributed by atoms with Gasteiger partial charge in [0.2, 0.25) is 5.91 Å². The van der Waals surface area contributed by atoms with Crippen molar-refractivity contribution in [2.45, 2.75) is 44.8 Å². The molecule has 1 N–H and O–H groups in total. The number of carbonyl (C=O) groups excluding carboxylic acids is 3. The van der Waals surface area contributed by atoms with Crippen molar-refractivity contribution in [1.29, 1.82) is 0 Å². The smallest absolute Gasteiger partial charge is 0.338 e. The molecular formula is C29H31NO5. The quantitative estimate of drug-likeness (QED) is 0.481. The molecule has 0 unspecified atom stereocenters. The van der Waals surface area contributed by atoms with Crippen LogP contribution in [0.25, 0.3) is 0 Å². The summed E-state index contributed by atoms with van der Waals surface area (Å²) in [6, 6.07) is 24.7. The van der Waals surface area contributed by atoms with Crippen LogP contribution in [0.2, 0.25) is 0 Å². The van der Waals surface area contributed by atoms with Gasteiger partial charge in [-0.15, -0.1) is 0 Å². The molecule has 3 aromatic rings. The number of amides is 1. The Morgan fingerprint density at radius 1 is 0.800 bits per heavy atom. The summed E-state index contributed by atoms with van der Waals surface area (Å²) in [5.41, 5.74) is 2.23. The molecule has 0 heterocycles. The van der Waals surface area contributed by atoms with Gasteiger partial charge in [-0.25, -0.2) is 9.59 Å². The molecule has 0 aliphatic rings. The van der Waals surface area contributed by atoms with Gasteiger partial charge < -0.3 is 14.8 Å². The van der Waals surface area contributed by atoms with Crippen molar-refractivity contribution in [1.82, 2.24) is 5.32 Å². The second kappa shape index (κ2) is 11.5. The average Bonchev–Trinajstić information content (AvgIpc) is 2.84. The zero-order valence-corrected chi connectivity index (χ0v) is 20.5. The van der Waals surface area contributed by atoms with Crippen LogP contribution < -0.4 is 5.32 Å². The van der Waals surface area contributed by atoms with Crippen LogP contribution in [0.5, 0.6) is 0 Å². The van der Waals surface area contributed by atoms with E-state index in [1.54, 1.807) is 45.0 Å². The van der Waals surface area contributed by atoms with Crippen molar-refractivity contribution in [3.8, 4) is 0 Å². The fourth-order valence-corrected chi connectivity index (χ4v) is 3.73. The predicted molar refractivity (Wildman–Crippen MR) is 134 cm³/mol. The number of nitrogens with one attached hydrogen (secondary N) is 1. The highest BCUT2D eigenvalue weighted by Crippen LogP contribution is 2.25. The monoisotopic (exact) mass is 473 g/mol. The number of hydrogen-bond donors (Lipinski definition) is 1. The molecule has 0 aliphatic carbocycles. The minimum atomic E-state index is -0.894. The zero-order valence-electron chi connectivity index (χ0n) is 20.5. The molecule has 6 nitrogen and oxygen atoms in total. The molecule has 0 spiro atoms. The number of carbonyl (C=O) groups is 3. The van der Waals surface area contributed by atoms with Crippen LogP contribution in [0.3, 0.4) is 0 Å². The van der Waals surface area contributed by atoms with Crippen molar-refractivity contribution < 1.29 is 23.9 Å². The van der Waals surface area contributed by atoms with Gasteiger partial charge in [0.25, 0.3) is 0 Å². The van der Waals surface area contributed by atoms with Crippen molar-refractivity contribution >= 4 is 17.8 Å². The fourth-order valence-electron chi connectivity index (χ4n) is 3.73. The number of hydrogen-bond acceptors (Lipinski definition) is 5. The molecule has 0 saturated heterocycles. The number of methoxy groups -OCH3 is 1. The Labute approximate surface area is 206 Å². The molecule has 0 bridgehead atoms. The summed E-state index contributed by atoms with van der Waals surface area (Å²) in [7, 11) is 1.29. The lowest BCUT2D eigenvalue weighted by Crippen LogP contribution is -2.45. The van der Waals surface area contributed by atoms with Gasteiger partial charge in [-0.1, -0.05) is 72.8 Å². The van der Waals surface area contributed by atoms with Gasteiger partial charge in [-0.2, -0.15) is 0 Å². The Morgan fingerprint density at radius 3 is 1.77 bits per heavy atom. The lowest BCUT2D eigenvalue weighted by molar-refractivity contribution is -0.145. The fraction of sp³-hybridized carbons (Fsp3) is 0.276. The van der Waals surface area contributed by atoms with E-state index >= 15 is 0 Å². The normalized spacial score (nSPS) is 12.0. The van der Waals surface area contributed by atoms with E-state index in [1.165, 1.54) is 7.11 Å². The lowest BCUT2D eigenvalue weighted by Gasteiger charge is -2.22. The van der Waals surface area contributed by atoms with E-state index in [2.05, 4.69) is 5.32 Å². The maximum atomic E-state index is 13.5. The van der Waals surface area contributed by atoms with E-state index < -0.39 is 29.5 Å². The summed E-state index contributed by atoms with van der Waals surface area (Å²) < 4.78 is 10.4. The van der Waals surface area contributed by atoms with Gasteiger partial charge in [-0.3, -0.25) is 4.79 Å². The van der Waals surface area contributed by atoms with Crippen molar-refractivity contribution in [3.05, 3.63) is 107 Å². The third kappa shape index (κ3) is 7.27. The highest BCUT2D eigenvalue weighted by molar-refractivity contribution is 5.91. The van der Waals surface area contributed by atoms with Crippen LogP contribution in [0.1, 0.15) is 53.7 Å². The Kier molecular flexibility index (Phi) is 8.42. The molecule has 1 atom stereocenters. The minimum Gasteiger partial charge on any atom is -0.467 e. The van der Waals surface area contributed by atoms with Crippen LogP contribution in [-0.4, -0.2) is 36.6 Å². The van der Waals surface area contributed by atoms with E-state index in [0.717, 1.165) is 16.7 Å². The van der Waals surface area contributed by atoms with Gasteiger partial charge in [0.05, 0.1) is 18.6 Å². The molecule has 1 amide bonds. The molecule has 0 aliphatic heterocycles. The van der Waals surface area contributed by atoms with E-state index in [4.69, 9.17) is 9.47 Å². The van der Waals surface area contributed by atoms with Gasteiger partial charge in [-0.05, 0) is 49.6 Å². The summed E-state index contributed by atoms with van der Waals surface area (Å²) in [5, 5.41) is 2.88. The summed E-state index contributed by atoms with van der Waals surface area (Å²) in [4.78, 5) is 38.3. The Bertz CT molecular complexity index is 1100. The Balaban J connectivity index is 1.80. The molecule has 0 radical (unpaired) electrons. The highest BCUT2D eigenvalue weighted by atomic mass is 16.6. The Hall–Kier alpha value is -3.93. The second-order valence-electron chi connectivity index (χ2n) is 9.24. The summed E-state index contributed by atoms with van der Waals surface area (Å²) in [5.74, 6) is -1.85. The maximum absolute atomic E-state index is 13.5. The van der Waals surface area contributed by atoms with Crippen LogP contribution in [0, 0.1) is 0 Å². The van der Waals surface area contributed by atoms with E-state index in [-0.39, 0.29) is 12.3 Å².